The first kappa shape index (κ1) is 12.5. The highest BCUT2D eigenvalue weighted by Crippen LogP contribution is 2.23. The lowest BCUT2D eigenvalue weighted by Crippen LogP contribution is -2.08. The van der Waals surface area contributed by atoms with Crippen LogP contribution in [0.25, 0.3) is 5.57 Å². The number of rotatable bonds is 3. The predicted molar refractivity (Wildman–Crippen MR) is 69.8 cm³/mol. The summed E-state index contributed by atoms with van der Waals surface area (Å²) in [6.07, 6.45) is 1.68. The van der Waals surface area contributed by atoms with Crippen LogP contribution in [0, 0.1) is 6.92 Å². The molecule has 86 valence electrons. The van der Waals surface area contributed by atoms with Gasteiger partial charge in [0.15, 0.2) is 5.78 Å². The summed E-state index contributed by atoms with van der Waals surface area (Å²) in [7, 11) is 4.04. The van der Waals surface area contributed by atoms with Gasteiger partial charge < -0.3 is 4.90 Å². The van der Waals surface area contributed by atoms with Crippen LogP contribution < -0.4 is 4.90 Å². The van der Waals surface area contributed by atoms with Crippen molar-refractivity contribution in [3.8, 4) is 0 Å². The molecule has 1 aromatic rings. The summed E-state index contributed by atoms with van der Waals surface area (Å²) in [6, 6.07) is 6.27. The summed E-state index contributed by atoms with van der Waals surface area (Å²) >= 11 is 0. The molecule has 0 fully saturated rings. The van der Waals surface area contributed by atoms with Gasteiger partial charge in [0.1, 0.15) is 0 Å². The summed E-state index contributed by atoms with van der Waals surface area (Å²) in [5.41, 5.74) is 4.54. The fraction of sp³-hybridized carbons (Fsp3) is 0.357. The Kier molecular flexibility index (Phi) is 3.88. The number of carbonyl (C=O) groups is 1. The van der Waals surface area contributed by atoms with Crippen LogP contribution in [0.1, 0.15) is 25.0 Å². The minimum Gasteiger partial charge on any atom is -0.378 e. The topological polar surface area (TPSA) is 20.3 Å². The number of allylic oxidation sites excluding steroid dienone is 2. The molecular weight excluding hydrogens is 198 g/mol. The zero-order valence-corrected chi connectivity index (χ0v) is 10.7. The van der Waals surface area contributed by atoms with E-state index >= 15 is 0 Å². The molecule has 0 heterocycles. The van der Waals surface area contributed by atoms with Crippen molar-refractivity contribution in [1.82, 2.24) is 0 Å². The second kappa shape index (κ2) is 4.97. The number of aryl methyl sites for hydroxylation is 1. The number of hydrogen-bond acceptors (Lipinski definition) is 2. The van der Waals surface area contributed by atoms with Gasteiger partial charge in [0.25, 0.3) is 0 Å². The fourth-order valence-corrected chi connectivity index (χ4v) is 1.75. The molecule has 0 N–H and O–H groups in total. The molecule has 0 spiro atoms. The van der Waals surface area contributed by atoms with E-state index in [1.54, 1.807) is 13.0 Å². The number of benzene rings is 1. The first-order valence-electron chi connectivity index (χ1n) is 5.39. The quantitative estimate of drug-likeness (QED) is 0.725. The summed E-state index contributed by atoms with van der Waals surface area (Å²) in [5, 5.41) is 0. The van der Waals surface area contributed by atoms with E-state index in [0.717, 1.165) is 11.1 Å². The lowest BCUT2D eigenvalue weighted by molar-refractivity contribution is -0.112. The standard InChI is InChI=1S/C14H19NO/c1-10(8-12(3)16)14-7-6-13(15(4)5)9-11(14)2/h6-9H,1-5H3/b10-8-. The van der Waals surface area contributed by atoms with Gasteiger partial charge in [-0.15, -0.1) is 0 Å². The molecule has 0 unspecified atom stereocenters. The number of nitrogens with zero attached hydrogens (tertiary/aromatic N) is 1. The second-order valence-corrected chi connectivity index (χ2v) is 4.33. The molecule has 1 rings (SSSR count). The summed E-state index contributed by atoms with van der Waals surface area (Å²) in [4.78, 5) is 13.1. The molecule has 16 heavy (non-hydrogen) atoms. The minimum absolute atomic E-state index is 0.0913. The Morgan fingerprint density at radius 1 is 1.25 bits per heavy atom. The van der Waals surface area contributed by atoms with E-state index in [1.165, 1.54) is 11.3 Å². The second-order valence-electron chi connectivity index (χ2n) is 4.33. The van der Waals surface area contributed by atoms with Crippen molar-refractivity contribution in [1.29, 1.82) is 0 Å². The number of anilines is 1. The average molecular weight is 217 g/mol. The van der Waals surface area contributed by atoms with E-state index in [-0.39, 0.29) is 5.78 Å². The monoisotopic (exact) mass is 217 g/mol. The van der Waals surface area contributed by atoms with Gasteiger partial charge >= 0.3 is 0 Å². The van der Waals surface area contributed by atoms with Gasteiger partial charge in [-0.25, -0.2) is 0 Å². The van der Waals surface area contributed by atoms with Gasteiger partial charge in [0.05, 0.1) is 0 Å². The third kappa shape index (κ3) is 2.96. The average Bonchev–Trinajstić information content (AvgIpc) is 2.15. The van der Waals surface area contributed by atoms with Crippen LogP contribution in [0.4, 0.5) is 5.69 Å². The van der Waals surface area contributed by atoms with Crippen LogP contribution in [0.15, 0.2) is 24.3 Å². The van der Waals surface area contributed by atoms with Gasteiger partial charge in [-0.05, 0) is 55.7 Å². The molecule has 0 saturated heterocycles. The van der Waals surface area contributed by atoms with Crippen molar-refractivity contribution in [2.45, 2.75) is 20.8 Å². The van der Waals surface area contributed by atoms with Gasteiger partial charge in [-0.1, -0.05) is 6.07 Å². The van der Waals surface area contributed by atoms with Crippen molar-refractivity contribution < 1.29 is 4.79 Å². The summed E-state index contributed by atoms with van der Waals surface area (Å²) in [5.74, 6) is 0.0913. The van der Waals surface area contributed by atoms with Crippen molar-refractivity contribution in [3.63, 3.8) is 0 Å². The molecule has 0 aliphatic rings. The Morgan fingerprint density at radius 3 is 2.31 bits per heavy atom. The van der Waals surface area contributed by atoms with Crippen LogP contribution in [-0.2, 0) is 4.79 Å². The lowest BCUT2D eigenvalue weighted by atomic mass is 10.00. The first-order valence-corrected chi connectivity index (χ1v) is 5.39. The van der Waals surface area contributed by atoms with E-state index in [4.69, 9.17) is 0 Å². The van der Waals surface area contributed by atoms with Crippen LogP contribution in [0.3, 0.4) is 0 Å². The highest BCUT2D eigenvalue weighted by Gasteiger charge is 2.03. The molecule has 0 bridgehead atoms. The highest BCUT2D eigenvalue weighted by atomic mass is 16.1. The molecule has 0 saturated carbocycles. The van der Waals surface area contributed by atoms with Crippen molar-refractivity contribution in [2.75, 3.05) is 19.0 Å². The maximum Gasteiger partial charge on any atom is 0.152 e. The van der Waals surface area contributed by atoms with Crippen LogP contribution in [-0.4, -0.2) is 19.9 Å². The van der Waals surface area contributed by atoms with Crippen LogP contribution >= 0.6 is 0 Å². The Balaban J connectivity index is 3.13. The molecule has 2 heteroatoms. The summed E-state index contributed by atoms with van der Waals surface area (Å²) < 4.78 is 0. The normalized spacial score (nSPS) is 11.4. The van der Waals surface area contributed by atoms with Crippen LogP contribution in [0.5, 0.6) is 0 Å². The van der Waals surface area contributed by atoms with E-state index in [0.29, 0.717) is 0 Å². The largest absolute Gasteiger partial charge is 0.378 e. The molecule has 2 nitrogen and oxygen atoms in total. The minimum atomic E-state index is 0.0913. The third-order valence-electron chi connectivity index (χ3n) is 2.57. The molecule has 0 aliphatic carbocycles. The smallest absolute Gasteiger partial charge is 0.152 e. The highest BCUT2D eigenvalue weighted by molar-refractivity contribution is 5.95. The van der Waals surface area contributed by atoms with Crippen molar-refractivity contribution in [2.24, 2.45) is 0 Å². The Labute approximate surface area is 97.6 Å². The fourth-order valence-electron chi connectivity index (χ4n) is 1.75. The van der Waals surface area contributed by atoms with Crippen molar-refractivity contribution in [3.05, 3.63) is 35.4 Å². The predicted octanol–water partition coefficient (Wildman–Crippen LogP) is 3.05. The van der Waals surface area contributed by atoms with Crippen LogP contribution in [0.2, 0.25) is 0 Å². The molecule has 0 atom stereocenters. The number of carbonyl (C=O) groups excluding carboxylic acids is 1. The Hall–Kier alpha value is -1.57. The van der Waals surface area contributed by atoms with Gasteiger partial charge in [0, 0.05) is 19.8 Å². The zero-order valence-electron chi connectivity index (χ0n) is 10.7. The summed E-state index contributed by atoms with van der Waals surface area (Å²) in [6.45, 7) is 5.62. The third-order valence-corrected chi connectivity index (χ3v) is 2.57. The van der Waals surface area contributed by atoms with E-state index < -0.39 is 0 Å². The molecule has 1 aromatic carbocycles. The molecule has 0 aromatic heterocycles. The molecule has 0 amide bonds. The number of hydrogen-bond donors (Lipinski definition) is 0. The SMILES string of the molecule is CC(=O)/C=C(/C)c1ccc(N(C)C)cc1C. The van der Waals surface area contributed by atoms with Crippen molar-refractivity contribution >= 4 is 17.0 Å². The number of ketones is 1. The lowest BCUT2D eigenvalue weighted by Gasteiger charge is -2.15. The van der Waals surface area contributed by atoms with E-state index in [9.17, 15) is 4.79 Å². The molecular formula is C14H19NO. The van der Waals surface area contributed by atoms with Gasteiger partial charge in [-0.3, -0.25) is 4.79 Å². The van der Waals surface area contributed by atoms with Gasteiger partial charge in [0.2, 0.25) is 0 Å². The molecule has 0 radical (unpaired) electrons. The Morgan fingerprint density at radius 2 is 1.88 bits per heavy atom. The maximum atomic E-state index is 11.0. The molecule has 0 aliphatic heterocycles. The Bertz CT molecular complexity index is 430. The zero-order chi connectivity index (χ0) is 12.3. The maximum absolute atomic E-state index is 11.0. The van der Waals surface area contributed by atoms with E-state index in [2.05, 4.69) is 30.0 Å². The van der Waals surface area contributed by atoms with E-state index in [1.807, 2.05) is 21.0 Å². The first-order chi connectivity index (χ1) is 7.41. The van der Waals surface area contributed by atoms with Gasteiger partial charge in [-0.2, -0.15) is 0 Å².